The van der Waals surface area contributed by atoms with Gasteiger partial charge >= 0.3 is 0 Å². The quantitative estimate of drug-likeness (QED) is 0.767. The van der Waals surface area contributed by atoms with Crippen molar-refractivity contribution in [2.45, 2.75) is 45.1 Å². The van der Waals surface area contributed by atoms with E-state index < -0.39 is 0 Å². The van der Waals surface area contributed by atoms with Crippen LogP contribution in [-0.4, -0.2) is 57.0 Å². The molecule has 7 nitrogen and oxygen atoms in total. The Morgan fingerprint density at radius 2 is 2.00 bits per heavy atom. The summed E-state index contributed by atoms with van der Waals surface area (Å²) >= 11 is 2.79. The minimum absolute atomic E-state index is 0.0616. The summed E-state index contributed by atoms with van der Waals surface area (Å²) in [5, 5.41) is 9.44. The van der Waals surface area contributed by atoms with E-state index in [1.807, 2.05) is 32.6 Å². The van der Waals surface area contributed by atoms with Crippen molar-refractivity contribution in [3.05, 3.63) is 10.7 Å². The van der Waals surface area contributed by atoms with Gasteiger partial charge in [-0.1, -0.05) is 11.8 Å². The van der Waals surface area contributed by atoms with E-state index in [0.717, 1.165) is 15.6 Å². The van der Waals surface area contributed by atoms with Crippen LogP contribution in [-0.2, 0) is 9.53 Å². The number of ether oxygens (including phenoxy) is 1. The van der Waals surface area contributed by atoms with Crippen molar-refractivity contribution in [3.63, 3.8) is 0 Å². The third-order valence-corrected chi connectivity index (χ3v) is 5.46. The average molecular weight is 368 g/mol. The molecule has 1 aliphatic heterocycles. The number of aryl methyl sites for hydroxylation is 2. The van der Waals surface area contributed by atoms with E-state index in [4.69, 9.17) is 9.15 Å². The lowest BCUT2D eigenvalue weighted by atomic mass is 10.2. The molecule has 2 unspecified atom stereocenters. The van der Waals surface area contributed by atoms with E-state index in [1.54, 1.807) is 0 Å². The Kier molecular flexibility index (Phi) is 5.21. The summed E-state index contributed by atoms with van der Waals surface area (Å²) in [7, 11) is 0. The number of thioether (sulfide) groups is 1. The monoisotopic (exact) mass is 368 g/mol. The number of rotatable bonds is 4. The SMILES string of the molecule is Cc1nc(C)c(-c2nnc(SCC(=O)N3CC(C)OC(C)C3)o2)s1. The number of hydrogen-bond acceptors (Lipinski definition) is 8. The van der Waals surface area contributed by atoms with Crippen molar-refractivity contribution in [1.82, 2.24) is 20.1 Å². The summed E-state index contributed by atoms with van der Waals surface area (Å²) in [5.41, 5.74) is 0.880. The average Bonchev–Trinajstić information content (AvgIpc) is 3.09. The molecule has 0 saturated carbocycles. The van der Waals surface area contributed by atoms with Crippen LogP contribution in [0.15, 0.2) is 9.64 Å². The number of carbonyl (C=O) groups excluding carboxylic acids is 1. The molecule has 2 atom stereocenters. The van der Waals surface area contributed by atoms with E-state index in [2.05, 4.69) is 15.2 Å². The molecule has 0 spiro atoms. The zero-order valence-corrected chi connectivity index (χ0v) is 15.7. The molecule has 1 amide bonds. The van der Waals surface area contributed by atoms with Crippen LogP contribution in [0.2, 0.25) is 0 Å². The van der Waals surface area contributed by atoms with Gasteiger partial charge in [0.05, 0.1) is 28.7 Å². The fourth-order valence-corrected chi connectivity index (χ4v) is 4.19. The molecule has 0 aromatic carbocycles. The molecule has 24 heavy (non-hydrogen) atoms. The van der Waals surface area contributed by atoms with E-state index in [-0.39, 0.29) is 23.9 Å². The number of carbonyl (C=O) groups is 1. The summed E-state index contributed by atoms with van der Waals surface area (Å²) in [6.07, 6.45) is 0.130. The highest BCUT2D eigenvalue weighted by molar-refractivity contribution is 7.99. The molecular weight excluding hydrogens is 348 g/mol. The van der Waals surface area contributed by atoms with Gasteiger partial charge in [-0.15, -0.1) is 21.5 Å². The first kappa shape index (κ1) is 17.4. The Morgan fingerprint density at radius 1 is 1.29 bits per heavy atom. The molecule has 0 radical (unpaired) electrons. The van der Waals surface area contributed by atoms with Crippen LogP contribution < -0.4 is 0 Å². The van der Waals surface area contributed by atoms with Crippen molar-refractivity contribution in [3.8, 4) is 10.8 Å². The van der Waals surface area contributed by atoms with Crippen LogP contribution in [0, 0.1) is 13.8 Å². The van der Waals surface area contributed by atoms with Gasteiger partial charge in [-0.2, -0.15) is 0 Å². The lowest BCUT2D eigenvalue weighted by Gasteiger charge is -2.35. The summed E-state index contributed by atoms with van der Waals surface area (Å²) in [6, 6.07) is 0. The molecule has 1 saturated heterocycles. The maximum atomic E-state index is 12.3. The first-order valence-corrected chi connectivity index (χ1v) is 9.56. The topological polar surface area (TPSA) is 81.4 Å². The Hall–Kier alpha value is -1.45. The Bertz CT molecular complexity index is 720. The molecule has 0 bridgehead atoms. The van der Waals surface area contributed by atoms with Crippen LogP contribution in [0.4, 0.5) is 0 Å². The number of amides is 1. The second-order valence-electron chi connectivity index (χ2n) is 5.87. The molecule has 130 valence electrons. The molecule has 1 fully saturated rings. The minimum Gasteiger partial charge on any atom is -0.410 e. The largest absolute Gasteiger partial charge is 0.410 e. The van der Waals surface area contributed by atoms with Crippen molar-refractivity contribution in [2.75, 3.05) is 18.8 Å². The summed E-state index contributed by atoms with van der Waals surface area (Å²) in [5.74, 6) is 0.801. The number of thiazole rings is 1. The number of aromatic nitrogens is 3. The molecular formula is C15H20N4O3S2. The van der Waals surface area contributed by atoms with Crippen molar-refractivity contribution in [2.24, 2.45) is 0 Å². The van der Waals surface area contributed by atoms with E-state index >= 15 is 0 Å². The lowest BCUT2D eigenvalue weighted by Crippen LogP contribution is -2.48. The van der Waals surface area contributed by atoms with Gasteiger partial charge in [0.25, 0.3) is 11.1 Å². The van der Waals surface area contributed by atoms with E-state index in [0.29, 0.717) is 24.2 Å². The van der Waals surface area contributed by atoms with Gasteiger partial charge in [-0.3, -0.25) is 4.79 Å². The fraction of sp³-hybridized carbons (Fsp3) is 0.600. The van der Waals surface area contributed by atoms with Crippen LogP contribution in [0.25, 0.3) is 10.8 Å². The van der Waals surface area contributed by atoms with Gasteiger partial charge in [-0.25, -0.2) is 4.98 Å². The highest BCUT2D eigenvalue weighted by Crippen LogP contribution is 2.30. The van der Waals surface area contributed by atoms with Crippen LogP contribution >= 0.6 is 23.1 Å². The maximum Gasteiger partial charge on any atom is 0.277 e. The van der Waals surface area contributed by atoms with Gasteiger partial charge < -0.3 is 14.1 Å². The Morgan fingerprint density at radius 3 is 2.62 bits per heavy atom. The first-order chi connectivity index (χ1) is 11.4. The van der Waals surface area contributed by atoms with Gasteiger partial charge in [0, 0.05) is 13.1 Å². The predicted molar refractivity (Wildman–Crippen MR) is 92.2 cm³/mol. The van der Waals surface area contributed by atoms with Gasteiger partial charge in [0.1, 0.15) is 4.88 Å². The lowest BCUT2D eigenvalue weighted by molar-refractivity contribution is -0.140. The number of morpholine rings is 1. The number of hydrogen-bond donors (Lipinski definition) is 0. The summed E-state index contributed by atoms with van der Waals surface area (Å²) < 4.78 is 11.3. The molecule has 3 heterocycles. The molecule has 2 aromatic heterocycles. The van der Waals surface area contributed by atoms with Crippen molar-refractivity contribution >= 4 is 29.0 Å². The highest BCUT2D eigenvalue weighted by atomic mass is 32.2. The molecule has 1 aliphatic rings. The van der Waals surface area contributed by atoms with E-state index in [9.17, 15) is 4.79 Å². The number of nitrogens with zero attached hydrogens (tertiary/aromatic N) is 4. The third kappa shape index (κ3) is 3.96. The standard InChI is InChI=1S/C15H20N4O3S2/c1-8-5-19(6-9(2)21-8)12(20)7-23-15-18-17-14(22-15)13-10(3)16-11(4)24-13/h8-9H,5-7H2,1-4H3. The molecule has 2 aromatic rings. The Labute approximate surface area is 148 Å². The maximum absolute atomic E-state index is 12.3. The van der Waals surface area contributed by atoms with Crippen molar-refractivity contribution in [1.29, 1.82) is 0 Å². The summed E-state index contributed by atoms with van der Waals surface area (Å²) in [6.45, 7) is 9.06. The molecule has 9 heteroatoms. The second-order valence-corrected chi connectivity index (χ2v) is 8.00. The van der Waals surface area contributed by atoms with Gasteiger partial charge in [0.2, 0.25) is 5.91 Å². The van der Waals surface area contributed by atoms with Crippen molar-refractivity contribution < 1.29 is 13.9 Å². The first-order valence-electron chi connectivity index (χ1n) is 7.76. The zero-order valence-electron chi connectivity index (χ0n) is 14.1. The molecule has 0 aliphatic carbocycles. The Balaban J connectivity index is 1.59. The third-order valence-electron chi connectivity index (χ3n) is 3.60. The van der Waals surface area contributed by atoms with E-state index in [1.165, 1.54) is 23.1 Å². The highest BCUT2D eigenvalue weighted by Gasteiger charge is 2.26. The minimum atomic E-state index is 0.0616. The fourth-order valence-electron chi connectivity index (χ4n) is 2.69. The van der Waals surface area contributed by atoms with Gasteiger partial charge in [0.15, 0.2) is 0 Å². The smallest absolute Gasteiger partial charge is 0.277 e. The van der Waals surface area contributed by atoms with Gasteiger partial charge in [-0.05, 0) is 27.7 Å². The predicted octanol–water partition coefficient (Wildman–Crippen LogP) is 2.54. The molecule has 0 N–H and O–H groups in total. The normalized spacial score (nSPS) is 21.2. The zero-order chi connectivity index (χ0) is 17.3. The second kappa shape index (κ2) is 7.20. The van der Waals surface area contributed by atoms with Crippen LogP contribution in [0.1, 0.15) is 24.5 Å². The summed E-state index contributed by atoms with van der Waals surface area (Å²) in [4.78, 5) is 19.4. The molecule has 3 rings (SSSR count). The van der Waals surface area contributed by atoms with Crippen LogP contribution in [0.5, 0.6) is 0 Å². The van der Waals surface area contributed by atoms with Crippen LogP contribution in [0.3, 0.4) is 0 Å².